The topological polar surface area (TPSA) is 66.4 Å². The molecule has 4 nitrogen and oxygen atoms in total. The zero-order valence-corrected chi connectivity index (χ0v) is 11.3. The van der Waals surface area contributed by atoms with Gasteiger partial charge < -0.3 is 10.4 Å². The van der Waals surface area contributed by atoms with Crippen LogP contribution in [0.5, 0.6) is 0 Å². The van der Waals surface area contributed by atoms with Crippen LogP contribution in [0.2, 0.25) is 0 Å². The molecule has 19 heavy (non-hydrogen) atoms. The van der Waals surface area contributed by atoms with Crippen LogP contribution in [0.1, 0.15) is 42.6 Å². The largest absolute Gasteiger partial charge is 0.480 e. The first kappa shape index (κ1) is 15.1. The molecule has 1 amide bonds. The third-order valence-electron chi connectivity index (χ3n) is 3.40. The Morgan fingerprint density at radius 2 is 1.89 bits per heavy atom. The smallest absolute Gasteiger partial charge is 0.329 e. The standard InChI is InChI=1S/C14H18FNO3/c1-4-14(5-2,13(18)19)16-12(17)10-7-6-9(3)11(15)8-10/h6-8H,4-5H2,1-3H3,(H,16,17)(H,18,19). The quantitative estimate of drug-likeness (QED) is 0.861. The minimum Gasteiger partial charge on any atom is -0.480 e. The third kappa shape index (κ3) is 3.10. The van der Waals surface area contributed by atoms with Crippen molar-refractivity contribution >= 4 is 11.9 Å². The summed E-state index contributed by atoms with van der Waals surface area (Å²) in [6.45, 7) is 4.97. The Kier molecular flexibility index (Phi) is 4.64. The number of nitrogens with one attached hydrogen (secondary N) is 1. The second-order valence-electron chi connectivity index (χ2n) is 4.51. The molecule has 0 atom stereocenters. The van der Waals surface area contributed by atoms with Gasteiger partial charge >= 0.3 is 5.97 Å². The number of hydrogen-bond donors (Lipinski definition) is 2. The molecule has 0 saturated heterocycles. The first-order valence-electron chi connectivity index (χ1n) is 6.18. The maximum Gasteiger partial charge on any atom is 0.329 e. The summed E-state index contributed by atoms with van der Waals surface area (Å²) in [6.07, 6.45) is 0.526. The maximum atomic E-state index is 13.4. The summed E-state index contributed by atoms with van der Waals surface area (Å²) >= 11 is 0. The van der Waals surface area contributed by atoms with E-state index in [2.05, 4.69) is 5.32 Å². The molecule has 2 N–H and O–H groups in total. The molecule has 0 heterocycles. The summed E-state index contributed by atoms with van der Waals surface area (Å²) in [5.74, 6) is -2.15. The lowest BCUT2D eigenvalue weighted by molar-refractivity contribution is -0.144. The number of benzene rings is 1. The number of aliphatic carboxylic acids is 1. The zero-order chi connectivity index (χ0) is 14.6. The van der Waals surface area contributed by atoms with Crippen LogP contribution in [0.3, 0.4) is 0 Å². The summed E-state index contributed by atoms with van der Waals surface area (Å²) in [5.41, 5.74) is -0.749. The summed E-state index contributed by atoms with van der Waals surface area (Å²) in [7, 11) is 0. The van der Waals surface area contributed by atoms with Crippen molar-refractivity contribution in [2.75, 3.05) is 0 Å². The van der Waals surface area contributed by atoms with E-state index in [9.17, 15) is 19.1 Å². The number of carbonyl (C=O) groups is 2. The first-order chi connectivity index (χ1) is 8.86. The van der Waals surface area contributed by atoms with Crippen molar-refractivity contribution in [2.24, 2.45) is 0 Å². The van der Waals surface area contributed by atoms with E-state index in [0.29, 0.717) is 5.56 Å². The molecule has 1 rings (SSSR count). The van der Waals surface area contributed by atoms with Crippen molar-refractivity contribution in [1.82, 2.24) is 5.32 Å². The summed E-state index contributed by atoms with van der Waals surface area (Å²) in [6, 6.07) is 4.08. The van der Waals surface area contributed by atoms with Gasteiger partial charge in [-0.3, -0.25) is 4.79 Å². The molecule has 0 spiro atoms. The summed E-state index contributed by atoms with van der Waals surface area (Å²) < 4.78 is 13.4. The molecule has 1 aromatic rings. The highest BCUT2D eigenvalue weighted by atomic mass is 19.1. The van der Waals surface area contributed by atoms with Crippen molar-refractivity contribution in [1.29, 1.82) is 0 Å². The van der Waals surface area contributed by atoms with Crippen LogP contribution in [0.25, 0.3) is 0 Å². The Bertz CT molecular complexity index is 495. The predicted molar refractivity (Wildman–Crippen MR) is 69.6 cm³/mol. The SMILES string of the molecule is CCC(CC)(NC(=O)c1ccc(C)c(F)c1)C(=O)O. The number of aryl methyl sites for hydroxylation is 1. The number of halogens is 1. The van der Waals surface area contributed by atoms with Crippen molar-refractivity contribution < 1.29 is 19.1 Å². The van der Waals surface area contributed by atoms with Crippen molar-refractivity contribution in [2.45, 2.75) is 39.2 Å². The molecule has 0 unspecified atom stereocenters. The van der Waals surface area contributed by atoms with Gasteiger partial charge in [-0.15, -0.1) is 0 Å². The summed E-state index contributed by atoms with van der Waals surface area (Å²) in [4.78, 5) is 23.3. The van der Waals surface area contributed by atoms with Gasteiger partial charge in [0.1, 0.15) is 11.4 Å². The van der Waals surface area contributed by atoms with E-state index in [4.69, 9.17) is 0 Å². The normalized spacial score (nSPS) is 11.2. The number of carbonyl (C=O) groups excluding carboxylic acids is 1. The number of hydrogen-bond acceptors (Lipinski definition) is 2. The fourth-order valence-electron chi connectivity index (χ4n) is 1.81. The van der Waals surface area contributed by atoms with Gasteiger partial charge in [-0.1, -0.05) is 19.9 Å². The molecule has 0 fully saturated rings. The minimum absolute atomic E-state index is 0.121. The van der Waals surface area contributed by atoms with Crippen LogP contribution in [0.4, 0.5) is 4.39 Å². The average molecular weight is 267 g/mol. The predicted octanol–water partition coefficient (Wildman–Crippen LogP) is 2.51. The molecule has 0 aliphatic heterocycles. The Hall–Kier alpha value is -1.91. The second kappa shape index (κ2) is 5.82. The molecule has 0 radical (unpaired) electrons. The molecular weight excluding hydrogens is 249 g/mol. The molecular formula is C14H18FNO3. The van der Waals surface area contributed by atoms with Crippen LogP contribution in [-0.2, 0) is 4.79 Å². The molecule has 0 aromatic heterocycles. The highest BCUT2D eigenvalue weighted by Gasteiger charge is 2.36. The van der Waals surface area contributed by atoms with Crippen molar-refractivity contribution in [3.8, 4) is 0 Å². The van der Waals surface area contributed by atoms with Crippen LogP contribution in [-0.4, -0.2) is 22.5 Å². The third-order valence-corrected chi connectivity index (χ3v) is 3.40. The fraction of sp³-hybridized carbons (Fsp3) is 0.429. The van der Waals surface area contributed by atoms with E-state index < -0.39 is 23.2 Å². The van der Waals surface area contributed by atoms with Gasteiger partial charge in [0, 0.05) is 5.56 Å². The Labute approximate surface area is 111 Å². The Morgan fingerprint density at radius 1 is 1.32 bits per heavy atom. The lowest BCUT2D eigenvalue weighted by Crippen LogP contribution is -2.53. The van der Waals surface area contributed by atoms with E-state index in [1.165, 1.54) is 12.1 Å². The van der Waals surface area contributed by atoms with E-state index >= 15 is 0 Å². The Morgan fingerprint density at radius 3 is 2.32 bits per heavy atom. The molecule has 5 heteroatoms. The number of rotatable bonds is 5. The van der Waals surface area contributed by atoms with Gasteiger partial charge in [-0.2, -0.15) is 0 Å². The van der Waals surface area contributed by atoms with Crippen LogP contribution >= 0.6 is 0 Å². The average Bonchev–Trinajstić information content (AvgIpc) is 2.38. The van der Waals surface area contributed by atoms with Crippen LogP contribution in [0.15, 0.2) is 18.2 Å². The minimum atomic E-state index is -1.31. The van der Waals surface area contributed by atoms with Gasteiger partial charge in [0.2, 0.25) is 0 Å². The summed E-state index contributed by atoms with van der Waals surface area (Å²) in [5, 5.41) is 11.7. The number of carboxylic acids is 1. The van der Waals surface area contributed by atoms with Crippen LogP contribution in [0, 0.1) is 12.7 Å². The molecule has 0 aliphatic carbocycles. The van der Waals surface area contributed by atoms with Gasteiger partial charge in [0.15, 0.2) is 0 Å². The molecule has 0 saturated carbocycles. The molecule has 1 aromatic carbocycles. The molecule has 104 valence electrons. The highest BCUT2D eigenvalue weighted by molar-refractivity contribution is 5.97. The monoisotopic (exact) mass is 267 g/mol. The van der Waals surface area contributed by atoms with E-state index in [1.807, 2.05) is 0 Å². The fourth-order valence-corrected chi connectivity index (χ4v) is 1.81. The second-order valence-corrected chi connectivity index (χ2v) is 4.51. The van der Waals surface area contributed by atoms with Crippen molar-refractivity contribution in [3.63, 3.8) is 0 Å². The first-order valence-corrected chi connectivity index (χ1v) is 6.18. The lowest BCUT2D eigenvalue weighted by atomic mass is 9.92. The molecule has 0 aliphatic rings. The van der Waals surface area contributed by atoms with E-state index in [1.54, 1.807) is 20.8 Å². The lowest BCUT2D eigenvalue weighted by Gasteiger charge is -2.28. The molecule has 0 bridgehead atoms. The van der Waals surface area contributed by atoms with Crippen LogP contribution < -0.4 is 5.32 Å². The Balaban J connectivity index is 3.00. The number of carboxylic acid groups (broad SMARTS) is 1. The van der Waals surface area contributed by atoms with Gasteiger partial charge in [-0.25, -0.2) is 9.18 Å². The zero-order valence-electron chi connectivity index (χ0n) is 11.3. The van der Waals surface area contributed by atoms with Crippen molar-refractivity contribution in [3.05, 3.63) is 35.1 Å². The maximum absolute atomic E-state index is 13.4. The van der Waals surface area contributed by atoms with Gasteiger partial charge in [0.25, 0.3) is 5.91 Å². The highest BCUT2D eigenvalue weighted by Crippen LogP contribution is 2.17. The van der Waals surface area contributed by atoms with E-state index in [-0.39, 0.29) is 18.4 Å². The van der Waals surface area contributed by atoms with Gasteiger partial charge in [0.05, 0.1) is 0 Å². The van der Waals surface area contributed by atoms with Gasteiger partial charge in [-0.05, 0) is 37.5 Å². The number of amides is 1. The van der Waals surface area contributed by atoms with E-state index in [0.717, 1.165) is 6.07 Å².